The molecule has 0 aliphatic carbocycles. The zero-order valence-electron chi connectivity index (χ0n) is 13.4. The predicted octanol–water partition coefficient (Wildman–Crippen LogP) is 3.37. The minimum absolute atomic E-state index is 0.263. The highest BCUT2D eigenvalue weighted by Crippen LogP contribution is 2.26. The Morgan fingerprint density at radius 2 is 2.13 bits per heavy atom. The zero-order valence-corrected chi connectivity index (χ0v) is 14.2. The number of aromatic nitrogens is 2. The highest BCUT2D eigenvalue weighted by atomic mass is 32.2. The second-order valence-corrected chi connectivity index (χ2v) is 7.07. The molecular formula is C18H23N3OS. The van der Waals surface area contributed by atoms with E-state index in [0.717, 1.165) is 42.5 Å². The van der Waals surface area contributed by atoms with Crippen molar-refractivity contribution in [2.75, 3.05) is 18.0 Å². The molecule has 0 saturated carbocycles. The molecule has 1 saturated heterocycles. The van der Waals surface area contributed by atoms with Crippen LogP contribution in [0.4, 0.5) is 5.82 Å². The van der Waals surface area contributed by atoms with Crippen LogP contribution in [0.3, 0.4) is 0 Å². The van der Waals surface area contributed by atoms with E-state index in [1.807, 2.05) is 25.4 Å². The molecule has 1 aliphatic rings. The van der Waals surface area contributed by atoms with Gasteiger partial charge < -0.3 is 10.0 Å². The molecule has 0 bridgehead atoms. The van der Waals surface area contributed by atoms with Crippen molar-refractivity contribution in [3.8, 4) is 0 Å². The van der Waals surface area contributed by atoms with Gasteiger partial charge in [-0.05, 0) is 25.3 Å². The van der Waals surface area contributed by atoms with Gasteiger partial charge in [-0.2, -0.15) is 0 Å². The fourth-order valence-electron chi connectivity index (χ4n) is 2.90. The molecular weight excluding hydrogens is 306 g/mol. The Labute approximate surface area is 142 Å². The standard InChI is InChI=1S/C18H23N3OS/c1-14(22)16-8-5-9-21(12-16)17-10-19-11-18(20-17)23-13-15-6-3-2-4-7-15/h2-4,6-7,10-11,14,16,22H,5,8-9,12-13H2,1H3. The SMILES string of the molecule is CC(O)C1CCCN(c2cncc(SCc3ccccc3)n2)C1. The van der Waals surface area contributed by atoms with Crippen molar-refractivity contribution in [1.82, 2.24) is 9.97 Å². The van der Waals surface area contributed by atoms with E-state index in [0.29, 0.717) is 5.92 Å². The summed E-state index contributed by atoms with van der Waals surface area (Å²) in [7, 11) is 0. The lowest BCUT2D eigenvalue weighted by molar-refractivity contribution is 0.115. The smallest absolute Gasteiger partial charge is 0.148 e. The average Bonchev–Trinajstić information content (AvgIpc) is 2.61. The van der Waals surface area contributed by atoms with E-state index in [9.17, 15) is 5.11 Å². The number of hydrogen-bond acceptors (Lipinski definition) is 5. The number of thioether (sulfide) groups is 1. The molecule has 23 heavy (non-hydrogen) atoms. The van der Waals surface area contributed by atoms with Gasteiger partial charge in [0.25, 0.3) is 0 Å². The molecule has 2 heterocycles. The van der Waals surface area contributed by atoms with Crippen LogP contribution in [-0.4, -0.2) is 34.3 Å². The topological polar surface area (TPSA) is 49.2 Å². The summed E-state index contributed by atoms with van der Waals surface area (Å²) in [6, 6.07) is 10.4. The Balaban J connectivity index is 1.65. The number of aliphatic hydroxyl groups excluding tert-OH is 1. The van der Waals surface area contributed by atoms with Crippen LogP contribution in [0.15, 0.2) is 47.8 Å². The monoisotopic (exact) mass is 329 g/mol. The largest absolute Gasteiger partial charge is 0.393 e. The van der Waals surface area contributed by atoms with Crippen LogP contribution in [0.25, 0.3) is 0 Å². The lowest BCUT2D eigenvalue weighted by Gasteiger charge is -2.34. The molecule has 3 rings (SSSR count). The Bertz CT molecular complexity index is 621. The predicted molar refractivity (Wildman–Crippen MR) is 94.7 cm³/mol. The van der Waals surface area contributed by atoms with Crippen molar-refractivity contribution >= 4 is 17.6 Å². The van der Waals surface area contributed by atoms with E-state index in [1.165, 1.54) is 5.56 Å². The zero-order chi connectivity index (χ0) is 16.1. The molecule has 1 fully saturated rings. The van der Waals surface area contributed by atoms with Gasteiger partial charge in [0.1, 0.15) is 10.8 Å². The van der Waals surface area contributed by atoms with Crippen LogP contribution in [0, 0.1) is 5.92 Å². The van der Waals surface area contributed by atoms with Gasteiger partial charge in [-0.25, -0.2) is 4.98 Å². The van der Waals surface area contributed by atoms with Gasteiger partial charge in [-0.15, -0.1) is 11.8 Å². The highest BCUT2D eigenvalue weighted by Gasteiger charge is 2.24. The summed E-state index contributed by atoms with van der Waals surface area (Å²) in [5.74, 6) is 2.15. The fourth-order valence-corrected chi connectivity index (χ4v) is 3.70. The number of rotatable bonds is 5. The van der Waals surface area contributed by atoms with Crippen molar-refractivity contribution < 1.29 is 5.11 Å². The fraction of sp³-hybridized carbons (Fsp3) is 0.444. The summed E-state index contributed by atoms with van der Waals surface area (Å²) in [5, 5.41) is 10.8. The molecule has 1 aliphatic heterocycles. The maximum atomic E-state index is 9.84. The van der Waals surface area contributed by atoms with Crippen LogP contribution in [0.2, 0.25) is 0 Å². The molecule has 122 valence electrons. The molecule has 2 unspecified atom stereocenters. The number of piperidine rings is 1. The number of benzene rings is 1. The Morgan fingerprint density at radius 1 is 1.30 bits per heavy atom. The summed E-state index contributed by atoms with van der Waals surface area (Å²) in [6.07, 6.45) is 5.58. The average molecular weight is 329 g/mol. The quantitative estimate of drug-likeness (QED) is 0.852. The Hall–Kier alpha value is -1.59. The number of aliphatic hydroxyl groups is 1. The van der Waals surface area contributed by atoms with Crippen molar-refractivity contribution in [3.05, 3.63) is 48.3 Å². The third-order valence-electron chi connectivity index (χ3n) is 4.29. The van der Waals surface area contributed by atoms with Gasteiger partial charge in [0, 0.05) is 24.8 Å². The molecule has 0 spiro atoms. The second kappa shape index (κ2) is 7.79. The summed E-state index contributed by atoms with van der Waals surface area (Å²) >= 11 is 1.71. The number of hydrogen-bond donors (Lipinski definition) is 1. The van der Waals surface area contributed by atoms with Crippen LogP contribution in [-0.2, 0) is 5.75 Å². The van der Waals surface area contributed by atoms with Crippen LogP contribution in [0.5, 0.6) is 0 Å². The summed E-state index contributed by atoms with van der Waals surface area (Å²) in [5.41, 5.74) is 1.29. The normalized spacial score (nSPS) is 19.6. The van der Waals surface area contributed by atoms with E-state index < -0.39 is 0 Å². The van der Waals surface area contributed by atoms with Gasteiger partial charge in [0.2, 0.25) is 0 Å². The van der Waals surface area contributed by atoms with Crippen molar-refractivity contribution in [2.24, 2.45) is 5.92 Å². The molecule has 0 radical (unpaired) electrons. The lowest BCUT2D eigenvalue weighted by atomic mass is 9.93. The van der Waals surface area contributed by atoms with E-state index >= 15 is 0 Å². The minimum atomic E-state index is -0.263. The van der Waals surface area contributed by atoms with E-state index in [4.69, 9.17) is 4.98 Å². The van der Waals surface area contributed by atoms with Gasteiger partial charge in [-0.3, -0.25) is 4.98 Å². The summed E-state index contributed by atoms with van der Waals surface area (Å²) in [4.78, 5) is 11.4. The van der Waals surface area contributed by atoms with Gasteiger partial charge in [0.15, 0.2) is 0 Å². The molecule has 4 nitrogen and oxygen atoms in total. The van der Waals surface area contributed by atoms with E-state index in [1.54, 1.807) is 11.8 Å². The van der Waals surface area contributed by atoms with E-state index in [-0.39, 0.29) is 6.10 Å². The molecule has 2 aromatic rings. The second-order valence-electron chi connectivity index (χ2n) is 6.08. The van der Waals surface area contributed by atoms with Crippen molar-refractivity contribution in [1.29, 1.82) is 0 Å². The molecule has 1 aromatic heterocycles. The van der Waals surface area contributed by atoms with Gasteiger partial charge >= 0.3 is 0 Å². The lowest BCUT2D eigenvalue weighted by Crippen LogP contribution is -2.40. The van der Waals surface area contributed by atoms with Crippen LogP contribution < -0.4 is 4.90 Å². The van der Waals surface area contributed by atoms with Crippen LogP contribution in [0.1, 0.15) is 25.3 Å². The Morgan fingerprint density at radius 3 is 2.91 bits per heavy atom. The summed E-state index contributed by atoms with van der Waals surface area (Å²) in [6.45, 7) is 3.73. The Kier molecular flexibility index (Phi) is 5.51. The first kappa shape index (κ1) is 16.3. The first-order chi connectivity index (χ1) is 11.2. The third-order valence-corrected chi connectivity index (χ3v) is 5.26. The van der Waals surface area contributed by atoms with Crippen LogP contribution >= 0.6 is 11.8 Å². The first-order valence-corrected chi connectivity index (χ1v) is 9.13. The van der Waals surface area contributed by atoms with Gasteiger partial charge in [0.05, 0.1) is 18.5 Å². The molecule has 1 aromatic carbocycles. The minimum Gasteiger partial charge on any atom is -0.393 e. The van der Waals surface area contributed by atoms with E-state index in [2.05, 4.69) is 34.1 Å². The van der Waals surface area contributed by atoms with Gasteiger partial charge in [-0.1, -0.05) is 30.3 Å². The maximum Gasteiger partial charge on any atom is 0.148 e. The molecule has 1 N–H and O–H groups in total. The highest BCUT2D eigenvalue weighted by molar-refractivity contribution is 7.98. The van der Waals surface area contributed by atoms with Crippen molar-refractivity contribution in [3.63, 3.8) is 0 Å². The maximum absolute atomic E-state index is 9.84. The molecule has 0 amide bonds. The number of anilines is 1. The van der Waals surface area contributed by atoms with Crippen molar-refractivity contribution in [2.45, 2.75) is 36.6 Å². The number of nitrogens with zero attached hydrogens (tertiary/aromatic N) is 3. The summed E-state index contributed by atoms with van der Waals surface area (Å²) < 4.78 is 0. The third kappa shape index (κ3) is 4.45. The molecule has 5 heteroatoms. The molecule has 2 atom stereocenters. The first-order valence-electron chi connectivity index (χ1n) is 8.14.